The summed E-state index contributed by atoms with van der Waals surface area (Å²) in [5, 5.41) is 0. The summed E-state index contributed by atoms with van der Waals surface area (Å²) in [5.74, 6) is 2.38. The first-order valence-electron chi connectivity index (χ1n) is 9.62. The molecule has 0 aromatic heterocycles. The number of fused-ring (bicyclic) bond motifs is 5. The predicted molar refractivity (Wildman–Crippen MR) is 92.6 cm³/mol. The maximum atomic E-state index is 13.0. The first-order chi connectivity index (χ1) is 11.3. The normalized spacial score (nSPS) is 35.9. The molecule has 2 saturated carbocycles. The lowest BCUT2D eigenvalue weighted by Gasteiger charge is -2.40. The fourth-order valence-corrected chi connectivity index (χ4v) is 6.03. The Bertz CT molecular complexity index is 679. The number of hydrogen-bond acceptors (Lipinski definition) is 1. The number of hydrogen-bond donors (Lipinski definition) is 0. The lowest BCUT2D eigenvalue weighted by molar-refractivity contribution is -0.126. The monoisotopic (exact) mass is 306 g/mol. The lowest BCUT2D eigenvalue weighted by Crippen LogP contribution is -2.43. The standard InChI is InChI=1S/C22H26O/c23-21-11-9-17-7-8-18(16-4-2-1-3-5-16)13-20(17)22(21)14-15-6-10-19(22)12-15/h6-8,10,13,15-16,19H,1-5,9,11-12,14H2. The zero-order chi connectivity index (χ0) is 15.4. The van der Waals surface area contributed by atoms with Crippen molar-refractivity contribution in [3.8, 4) is 0 Å². The minimum absolute atomic E-state index is 0.155. The van der Waals surface area contributed by atoms with E-state index in [0.717, 1.165) is 25.2 Å². The van der Waals surface area contributed by atoms with Crippen molar-refractivity contribution < 1.29 is 4.79 Å². The van der Waals surface area contributed by atoms with Crippen LogP contribution in [0.2, 0.25) is 0 Å². The van der Waals surface area contributed by atoms with Crippen LogP contribution in [0.25, 0.3) is 0 Å². The molecule has 5 rings (SSSR count). The van der Waals surface area contributed by atoms with E-state index in [-0.39, 0.29) is 5.41 Å². The van der Waals surface area contributed by atoms with Crippen molar-refractivity contribution in [2.45, 2.75) is 69.1 Å². The first kappa shape index (κ1) is 14.0. The van der Waals surface area contributed by atoms with E-state index in [0.29, 0.717) is 17.6 Å². The molecule has 3 unspecified atom stereocenters. The summed E-state index contributed by atoms with van der Waals surface area (Å²) in [5.41, 5.74) is 4.25. The first-order valence-corrected chi connectivity index (χ1v) is 9.62. The third kappa shape index (κ3) is 1.95. The van der Waals surface area contributed by atoms with Gasteiger partial charge in [-0.1, -0.05) is 49.6 Å². The number of Topliss-reactive ketones (excluding diaryl/α,β-unsaturated/α-hetero) is 1. The van der Waals surface area contributed by atoms with Crippen LogP contribution in [0.5, 0.6) is 0 Å². The molecule has 3 atom stereocenters. The van der Waals surface area contributed by atoms with Crippen LogP contribution in [0.3, 0.4) is 0 Å². The zero-order valence-corrected chi connectivity index (χ0v) is 13.9. The van der Waals surface area contributed by atoms with Gasteiger partial charge in [0.25, 0.3) is 0 Å². The van der Waals surface area contributed by atoms with Crippen molar-refractivity contribution >= 4 is 5.78 Å². The fourth-order valence-electron chi connectivity index (χ4n) is 6.03. The van der Waals surface area contributed by atoms with E-state index < -0.39 is 0 Å². The molecule has 23 heavy (non-hydrogen) atoms. The summed E-state index contributed by atoms with van der Waals surface area (Å²) < 4.78 is 0. The van der Waals surface area contributed by atoms with Gasteiger partial charge in [-0.15, -0.1) is 0 Å². The number of allylic oxidation sites excluding steroid dienone is 2. The van der Waals surface area contributed by atoms with Gasteiger partial charge in [0.05, 0.1) is 5.41 Å². The highest BCUT2D eigenvalue weighted by Gasteiger charge is 2.55. The van der Waals surface area contributed by atoms with Crippen molar-refractivity contribution in [2.75, 3.05) is 0 Å². The molecule has 1 heteroatoms. The third-order valence-corrected chi connectivity index (χ3v) is 7.20. The summed E-state index contributed by atoms with van der Waals surface area (Å²) in [4.78, 5) is 13.0. The van der Waals surface area contributed by atoms with Crippen LogP contribution >= 0.6 is 0 Å². The van der Waals surface area contributed by atoms with Gasteiger partial charge < -0.3 is 0 Å². The highest BCUT2D eigenvalue weighted by molar-refractivity contribution is 5.94. The molecule has 1 nitrogen and oxygen atoms in total. The SMILES string of the molecule is O=C1CCc2ccc(C3CCCCC3)cc2C12CC1C=CC2C1. The minimum atomic E-state index is -0.155. The summed E-state index contributed by atoms with van der Waals surface area (Å²) in [7, 11) is 0. The molecule has 2 fully saturated rings. The molecule has 0 heterocycles. The Balaban J connectivity index is 1.61. The molecule has 0 N–H and O–H groups in total. The Kier molecular flexibility index (Phi) is 3.08. The van der Waals surface area contributed by atoms with Crippen molar-refractivity contribution in [2.24, 2.45) is 11.8 Å². The molecule has 4 aliphatic carbocycles. The molecule has 1 spiro atoms. The van der Waals surface area contributed by atoms with Crippen LogP contribution in [0.15, 0.2) is 30.4 Å². The van der Waals surface area contributed by atoms with E-state index in [9.17, 15) is 4.79 Å². The van der Waals surface area contributed by atoms with Gasteiger partial charge in [-0.2, -0.15) is 0 Å². The fraction of sp³-hybridized carbons (Fsp3) is 0.591. The molecule has 1 aromatic rings. The average Bonchev–Trinajstić information content (AvgIpc) is 3.21. The van der Waals surface area contributed by atoms with Crippen LogP contribution < -0.4 is 0 Å². The Morgan fingerprint density at radius 2 is 1.87 bits per heavy atom. The van der Waals surface area contributed by atoms with E-state index in [2.05, 4.69) is 30.4 Å². The quantitative estimate of drug-likeness (QED) is 0.661. The van der Waals surface area contributed by atoms with Crippen molar-refractivity contribution in [1.82, 2.24) is 0 Å². The number of rotatable bonds is 1. The number of aryl methyl sites for hydroxylation is 1. The van der Waals surface area contributed by atoms with Crippen LogP contribution in [-0.2, 0) is 16.6 Å². The largest absolute Gasteiger partial charge is 0.299 e. The second-order valence-corrected chi connectivity index (χ2v) is 8.34. The molecular formula is C22H26O. The van der Waals surface area contributed by atoms with Crippen molar-refractivity contribution in [3.63, 3.8) is 0 Å². The summed E-state index contributed by atoms with van der Waals surface area (Å²) in [6, 6.07) is 7.21. The second kappa shape index (κ2) is 5.06. The summed E-state index contributed by atoms with van der Waals surface area (Å²) in [6.45, 7) is 0. The molecule has 2 bridgehead atoms. The summed E-state index contributed by atoms with van der Waals surface area (Å²) in [6.07, 6.45) is 15.5. The minimum Gasteiger partial charge on any atom is -0.299 e. The topological polar surface area (TPSA) is 17.1 Å². The number of ketones is 1. The van der Waals surface area contributed by atoms with E-state index in [4.69, 9.17) is 0 Å². The maximum Gasteiger partial charge on any atom is 0.144 e. The highest BCUT2D eigenvalue weighted by atomic mass is 16.1. The summed E-state index contributed by atoms with van der Waals surface area (Å²) >= 11 is 0. The molecule has 0 radical (unpaired) electrons. The van der Waals surface area contributed by atoms with Gasteiger partial charge in [0, 0.05) is 6.42 Å². The van der Waals surface area contributed by atoms with Crippen LogP contribution in [-0.4, -0.2) is 5.78 Å². The predicted octanol–water partition coefficient (Wildman–Crippen LogP) is 5.08. The van der Waals surface area contributed by atoms with Gasteiger partial charge in [-0.05, 0) is 66.5 Å². The van der Waals surface area contributed by atoms with Crippen LogP contribution in [0, 0.1) is 11.8 Å². The lowest BCUT2D eigenvalue weighted by atomic mass is 9.61. The molecule has 120 valence electrons. The van der Waals surface area contributed by atoms with Gasteiger partial charge in [-0.3, -0.25) is 4.79 Å². The van der Waals surface area contributed by atoms with Crippen LogP contribution in [0.1, 0.15) is 74.0 Å². The van der Waals surface area contributed by atoms with Crippen LogP contribution in [0.4, 0.5) is 0 Å². The van der Waals surface area contributed by atoms with Crippen molar-refractivity contribution in [1.29, 1.82) is 0 Å². The molecule has 0 aliphatic heterocycles. The smallest absolute Gasteiger partial charge is 0.144 e. The van der Waals surface area contributed by atoms with E-state index in [1.807, 2.05) is 0 Å². The van der Waals surface area contributed by atoms with Crippen molar-refractivity contribution in [3.05, 3.63) is 47.0 Å². The number of carbonyl (C=O) groups is 1. The Labute approximate surface area is 139 Å². The molecule has 0 saturated heterocycles. The van der Waals surface area contributed by atoms with Gasteiger partial charge >= 0.3 is 0 Å². The molecule has 1 aromatic carbocycles. The van der Waals surface area contributed by atoms with E-state index >= 15 is 0 Å². The number of benzene rings is 1. The third-order valence-electron chi connectivity index (χ3n) is 7.20. The Morgan fingerprint density at radius 3 is 2.61 bits per heavy atom. The van der Waals surface area contributed by atoms with Gasteiger partial charge in [0.2, 0.25) is 0 Å². The molecule has 0 amide bonds. The highest BCUT2D eigenvalue weighted by Crippen LogP contribution is 2.57. The van der Waals surface area contributed by atoms with Gasteiger partial charge in [-0.25, -0.2) is 0 Å². The molecular weight excluding hydrogens is 280 g/mol. The van der Waals surface area contributed by atoms with Gasteiger partial charge in [0.15, 0.2) is 0 Å². The Morgan fingerprint density at radius 1 is 1.00 bits per heavy atom. The molecule has 4 aliphatic rings. The average molecular weight is 306 g/mol. The second-order valence-electron chi connectivity index (χ2n) is 8.34. The Hall–Kier alpha value is -1.37. The van der Waals surface area contributed by atoms with E-state index in [1.54, 1.807) is 0 Å². The maximum absolute atomic E-state index is 13.0. The van der Waals surface area contributed by atoms with Gasteiger partial charge in [0.1, 0.15) is 5.78 Å². The van der Waals surface area contributed by atoms with E-state index in [1.165, 1.54) is 55.2 Å². The number of carbonyl (C=O) groups excluding carboxylic acids is 1. The zero-order valence-electron chi connectivity index (χ0n) is 13.9.